The molecule has 4 aliphatic rings. The fourth-order valence-electron chi connectivity index (χ4n) is 7.39. The maximum Gasteiger partial charge on any atom is 0.332 e. The molecule has 4 rings (SSSR count). The molecule has 27 heavy (non-hydrogen) atoms. The quantitative estimate of drug-likeness (QED) is 0.637. The monoisotopic (exact) mass is 392 g/mol. The van der Waals surface area contributed by atoms with Crippen molar-refractivity contribution in [3.8, 4) is 0 Å². The van der Waals surface area contributed by atoms with Crippen molar-refractivity contribution in [1.29, 1.82) is 0 Å². The molecule has 4 aliphatic carbocycles. The second kappa shape index (κ2) is 6.62. The van der Waals surface area contributed by atoms with Crippen LogP contribution in [0.1, 0.15) is 65.2 Å². The average molecular weight is 393 g/mol. The van der Waals surface area contributed by atoms with E-state index in [9.17, 15) is 14.7 Å². The van der Waals surface area contributed by atoms with Crippen LogP contribution in [0.25, 0.3) is 0 Å². The summed E-state index contributed by atoms with van der Waals surface area (Å²) in [6.07, 6.45) is 7.89. The van der Waals surface area contributed by atoms with E-state index < -0.39 is 12.1 Å². The maximum absolute atomic E-state index is 12.0. The first-order valence-corrected chi connectivity index (χ1v) is 11.0. The standard InChI is InChI=1S/C22H32O4S/c1-21-8-6-16-19(15(21)4-3-12(21)10-17(24)20(25)26)18(27)11-13-9-14(23)5-7-22(13,16)2/h9,12,15-19,24,27H,3-8,10-11H2,1-2H3,(H,25,26)/t12-,15-,16-,17?,18+,19-,21+,22-/m0/s1. The lowest BCUT2D eigenvalue weighted by atomic mass is 9.46. The highest BCUT2D eigenvalue weighted by Crippen LogP contribution is 2.67. The van der Waals surface area contributed by atoms with Crippen molar-refractivity contribution in [3.63, 3.8) is 0 Å². The van der Waals surface area contributed by atoms with Crippen molar-refractivity contribution in [1.82, 2.24) is 0 Å². The van der Waals surface area contributed by atoms with Crippen LogP contribution in [0.2, 0.25) is 0 Å². The highest BCUT2D eigenvalue weighted by molar-refractivity contribution is 7.81. The number of aliphatic hydroxyl groups is 1. The second-order valence-corrected chi connectivity index (χ2v) is 10.7. The number of carbonyl (C=O) groups excluding carboxylic acids is 1. The molecule has 1 unspecified atom stereocenters. The zero-order valence-electron chi connectivity index (χ0n) is 16.4. The summed E-state index contributed by atoms with van der Waals surface area (Å²) >= 11 is 5.02. The first-order chi connectivity index (χ1) is 12.7. The van der Waals surface area contributed by atoms with E-state index in [1.54, 1.807) is 0 Å². The Labute approximate surface area is 167 Å². The van der Waals surface area contributed by atoms with Crippen molar-refractivity contribution in [3.05, 3.63) is 11.6 Å². The first kappa shape index (κ1) is 19.5. The molecule has 0 aliphatic heterocycles. The van der Waals surface area contributed by atoms with E-state index in [-0.39, 0.29) is 27.8 Å². The van der Waals surface area contributed by atoms with Crippen molar-refractivity contribution < 1.29 is 19.8 Å². The number of rotatable bonds is 3. The number of carboxylic acid groups (broad SMARTS) is 1. The Morgan fingerprint density at radius 2 is 2.00 bits per heavy atom. The maximum atomic E-state index is 12.0. The van der Waals surface area contributed by atoms with Crippen LogP contribution in [0, 0.1) is 34.5 Å². The van der Waals surface area contributed by atoms with Gasteiger partial charge in [0, 0.05) is 11.7 Å². The van der Waals surface area contributed by atoms with Gasteiger partial charge in [-0.1, -0.05) is 19.4 Å². The molecule has 2 N–H and O–H groups in total. The molecular weight excluding hydrogens is 360 g/mol. The summed E-state index contributed by atoms with van der Waals surface area (Å²) in [4.78, 5) is 23.1. The van der Waals surface area contributed by atoms with E-state index in [4.69, 9.17) is 17.7 Å². The van der Waals surface area contributed by atoms with Gasteiger partial charge in [0.15, 0.2) is 11.9 Å². The summed E-state index contributed by atoms with van der Waals surface area (Å²) in [5.74, 6) is 1.07. The number of aliphatic carboxylic acids is 1. The molecule has 3 fully saturated rings. The summed E-state index contributed by atoms with van der Waals surface area (Å²) in [7, 11) is 0. The van der Waals surface area contributed by atoms with Crippen molar-refractivity contribution in [2.24, 2.45) is 34.5 Å². The minimum atomic E-state index is -1.25. The Balaban J connectivity index is 1.62. The molecule has 0 heterocycles. The number of carbonyl (C=O) groups is 2. The van der Waals surface area contributed by atoms with E-state index in [2.05, 4.69) is 13.8 Å². The molecule has 150 valence electrons. The summed E-state index contributed by atoms with van der Waals surface area (Å²) in [5, 5.41) is 19.4. The predicted octanol–water partition coefficient (Wildman–Crippen LogP) is 3.88. The van der Waals surface area contributed by atoms with Crippen LogP contribution in [0.3, 0.4) is 0 Å². The van der Waals surface area contributed by atoms with Crippen molar-refractivity contribution >= 4 is 24.4 Å². The van der Waals surface area contributed by atoms with Crippen LogP contribution in [-0.2, 0) is 9.59 Å². The van der Waals surface area contributed by atoms with Crippen molar-refractivity contribution in [2.45, 2.75) is 76.6 Å². The fourth-order valence-corrected chi connectivity index (χ4v) is 8.01. The van der Waals surface area contributed by atoms with Gasteiger partial charge in [0.1, 0.15) is 0 Å². The lowest BCUT2D eigenvalue weighted by molar-refractivity contribution is -0.148. The smallest absolute Gasteiger partial charge is 0.332 e. The second-order valence-electron chi connectivity index (χ2n) is 10.0. The average Bonchev–Trinajstić information content (AvgIpc) is 2.93. The van der Waals surface area contributed by atoms with E-state index in [1.165, 1.54) is 5.57 Å². The van der Waals surface area contributed by atoms with Gasteiger partial charge in [-0.05, 0) is 85.5 Å². The fraction of sp³-hybridized carbons (Fsp3) is 0.818. The molecule has 0 saturated heterocycles. The molecule has 3 saturated carbocycles. The topological polar surface area (TPSA) is 74.6 Å². The highest BCUT2D eigenvalue weighted by Gasteiger charge is 2.60. The number of hydrogen-bond donors (Lipinski definition) is 3. The molecule has 5 heteroatoms. The van der Waals surface area contributed by atoms with Gasteiger partial charge in [0.05, 0.1) is 0 Å². The predicted molar refractivity (Wildman–Crippen MR) is 107 cm³/mol. The summed E-state index contributed by atoms with van der Waals surface area (Å²) in [6.45, 7) is 4.70. The third kappa shape index (κ3) is 2.91. The molecule has 0 radical (unpaired) electrons. The van der Waals surface area contributed by atoms with Gasteiger partial charge in [-0.25, -0.2) is 4.79 Å². The summed E-state index contributed by atoms with van der Waals surface area (Å²) < 4.78 is 0. The number of aliphatic hydroxyl groups excluding tert-OH is 1. The van der Waals surface area contributed by atoms with Crippen LogP contribution in [0.15, 0.2) is 11.6 Å². The Bertz CT molecular complexity index is 688. The number of carboxylic acids is 1. The number of ketones is 1. The first-order valence-electron chi connectivity index (χ1n) is 10.5. The van der Waals surface area contributed by atoms with Crippen LogP contribution < -0.4 is 0 Å². The molecule has 0 amide bonds. The third-order valence-electron chi connectivity index (χ3n) is 8.97. The molecule has 0 aromatic carbocycles. The molecular formula is C22H32O4S. The molecule has 4 nitrogen and oxygen atoms in total. The van der Waals surface area contributed by atoms with Gasteiger partial charge < -0.3 is 10.2 Å². The Morgan fingerprint density at radius 3 is 2.70 bits per heavy atom. The normalized spacial score (nSPS) is 47.5. The SMILES string of the molecule is C[C@]12CC[C@H]3[C@@H]([C@H](S)CC4=CC(=O)CC[C@@]43C)[C@@H]1CC[C@H]2CC(O)C(=O)O. The van der Waals surface area contributed by atoms with Gasteiger partial charge in [-0.15, -0.1) is 0 Å². The number of thiol groups is 1. The Kier molecular flexibility index (Phi) is 4.78. The zero-order valence-corrected chi connectivity index (χ0v) is 17.3. The minimum Gasteiger partial charge on any atom is -0.479 e. The Morgan fingerprint density at radius 1 is 1.26 bits per heavy atom. The number of allylic oxidation sites excluding steroid dienone is 1. The van der Waals surface area contributed by atoms with Crippen LogP contribution >= 0.6 is 12.6 Å². The third-order valence-corrected chi connectivity index (χ3v) is 9.50. The molecule has 0 spiro atoms. The van der Waals surface area contributed by atoms with Crippen molar-refractivity contribution in [2.75, 3.05) is 0 Å². The lowest BCUT2D eigenvalue weighted by Gasteiger charge is -2.60. The van der Waals surface area contributed by atoms with Gasteiger partial charge in [0.2, 0.25) is 0 Å². The molecule has 0 aromatic heterocycles. The van der Waals surface area contributed by atoms with Gasteiger partial charge in [-0.3, -0.25) is 4.79 Å². The molecule has 8 atom stereocenters. The highest BCUT2D eigenvalue weighted by atomic mass is 32.1. The minimum absolute atomic E-state index is 0.0979. The van der Waals surface area contributed by atoms with E-state index in [1.807, 2.05) is 6.08 Å². The molecule has 0 bridgehead atoms. The molecule has 0 aromatic rings. The van der Waals surface area contributed by atoms with E-state index >= 15 is 0 Å². The zero-order chi connectivity index (χ0) is 19.6. The summed E-state index contributed by atoms with van der Waals surface area (Å²) in [6, 6.07) is 0. The largest absolute Gasteiger partial charge is 0.479 e. The van der Waals surface area contributed by atoms with Crippen LogP contribution in [0.4, 0.5) is 0 Å². The van der Waals surface area contributed by atoms with E-state index in [0.717, 1.165) is 38.5 Å². The number of hydrogen-bond acceptors (Lipinski definition) is 4. The van der Waals surface area contributed by atoms with Gasteiger partial charge in [0.25, 0.3) is 0 Å². The Hall–Kier alpha value is -0.810. The van der Waals surface area contributed by atoms with Gasteiger partial charge >= 0.3 is 5.97 Å². The van der Waals surface area contributed by atoms with Gasteiger partial charge in [-0.2, -0.15) is 12.6 Å². The van der Waals surface area contributed by atoms with Crippen LogP contribution in [0.5, 0.6) is 0 Å². The summed E-state index contributed by atoms with van der Waals surface area (Å²) in [5.41, 5.74) is 1.54. The van der Waals surface area contributed by atoms with Crippen LogP contribution in [-0.4, -0.2) is 33.3 Å². The van der Waals surface area contributed by atoms with E-state index in [0.29, 0.717) is 30.6 Å². The number of fused-ring (bicyclic) bond motifs is 5. The lowest BCUT2D eigenvalue weighted by Crippen LogP contribution is -2.54.